The Balaban J connectivity index is 1.95. The van der Waals surface area contributed by atoms with Crippen molar-refractivity contribution in [3.63, 3.8) is 0 Å². The molecule has 0 saturated carbocycles. The fraction of sp³-hybridized carbons (Fsp3) is 0.471. The predicted octanol–water partition coefficient (Wildman–Crippen LogP) is 5.09. The molecule has 1 aromatic heterocycles. The van der Waals surface area contributed by atoms with Crippen molar-refractivity contribution in [1.82, 2.24) is 4.98 Å². The maximum absolute atomic E-state index is 5.90. The maximum Gasteiger partial charge on any atom is 0.115 e. The average Bonchev–Trinajstić information content (AvgIpc) is 2.96. The number of thiazole rings is 1. The summed E-state index contributed by atoms with van der Waals surface area (Å²) in [6, 6.07) is 7.20. The third-order valence-corrected chi connectivity index (χ3v) is 5.41. The van der Waals surface area contributed by atoms with Crippen LogP contribution in [0.2, 0.25) is 0 Å². The molecule has 2 aromatic rings. The van der Waals surface area contributed by atoms with Gasteiger partial charge in [-0.15, -0.1) is 22.9 Å². The maximum atomic E-state index is 5.90. The van der Waals surface area contributed by atoms with Gasteiger partial charge in [0.1, 0.15) is 5.01 Å². The van der Waals surface area contributed by atoms with Gasteiger partial charge >= 0.3 is 0 Å². The SMILES string of the molecule is CCC(c1nc(CCl)cs1)N1CCCc2cc(C)ccc21. The van der Waals surface area contributed by atoms with E-state index < -0.39 is 0 Å². The molecule has 21 heavy (non-hydrogen) atoms. The summed E-state index contributed by atoms with van der Waals surface area (Å²) >= 11 is 7.64. The molecule has 0 amide bonds. The van der Waals surface area contributed by atoms with E-state index in [4.69, 9.17) is 16.6 Å². The number of aromatic nitrogens is 1. The van der Waals surface area contributed by atoms with Crippen molar-refractivity contribution in [2.45, 2.75) is 45.0 Å². The fourth-order valence-electron chi connectivity index (χ4n) is 3.14. The molecule has 0 fully saturated rings. The van der Waals surface area contributed by atoms with Crippen molar-refractivity contribution < 1.29 is 0 Å². The molecule has 0 aliphatic carbocycles. The van der Waals surface area contributed by atoms with Crippen LogP contribution in [0.3, 0.4) is 0 Å². The minimum absolute atomic E-state index is 0.369. The molecule has 1 aromatic carbocycles. The number of alkyl halides is 1. The average molecular weight is 321 g/mol. The van der Waals surface area contributed by atoms with Crippen LogP contribution in [0, 0.1) is 6.92 Å². The van der Waals surface area contributed by atoms with Crippen LogP contribution >= 0.6 is 22.9 Å². The van der Waals surface area contributed by atoms with Crippen molar-refractivity contribution in [2.24, 2.45) is 0 Å². The molecule has 2 heterocycles. The van der Waals surface area contributed by atoms with Gasteiger partial charge in [-0.05, 0) is 37.8 Å². The zero-order valence-corrected chi connectivity index (χ0v) is 14.2. The topological polar surface area (TPSA) is 16.1 Å². The van der Waals surface area contributed by atoms with Gasteiger partial charge in [0.25, 0.3) is 0 Å². The zero-order valence-electron chi connectivity index (χ0n) is 12.6. The van der Waals surface area contributed by atoms with Gasteiger partial charge in [-0.2, -0.15) is 0 Å². The van der Waals surface area contributed by atoms with Crippen LogP contribution in [-0.2, 0) is 12.3 Å². The normalized spacial score (nSPS) is 15.9. The molecule has 0 bridgehead atoms. The Morgan fingerprint density at radius 2 is 2.29 bits per heavy atom. The second kappa shape index (κ2) is 6.37. The highest BCUT2D eigenvalue weighted by atomic mass is 35.5. The first kappa shape index (κ1) is 14.9. The highest BCUT2D eigenvalue weighted by Gasteiger charge is 2.26. The third-order valence-electron chi connectivity index (χ3n) is 4.14. The fourth-order valence-corrected chi connectivity index (χ4v) is 4.39. The van der Waals surface area contributed by atoms with Crippen LogP contribution in [0.4, 0.5) is 5.69 Å². The molecule has 0 N–H and O–H groups in total. The minimum Gasteiger partial charge on any atom is -0.362 e. The number of halogens is 1. The molecule has 112 valence electrons. The number of hydrogen-bond acceptors (Lipinski definition) is 3. The Kier molecular flexibility index (Phi) is 4.51. The van der Waals surface area contributed by atoms with E-state index in [1.807, 2.05) is 0 Å². The second-order valence-electron chi connectivity index (χ2n) is 5.66. The number of hydrogen-bond donors (Lipinski definition) is 0. The predicted molar refractivity (Wildman–Crippen MR) is 91.5 cm³/mol. The van der Waals surface area contributed by atoms with Crippen LogP contribution in [0.25, 0.3) is 0 Å². The van der Waals surface area contributed by atoms with Crippen molar-refractivity contribution in [1.29, 1.82) is 0 Å². The van der Waals surface area contributed by atoms with Gasteiger partial charge in [-0.25, -0.2) is 4.98 Å². The van der Waals surface area contributed by atoms with E-state index in [0.29, 0.717) is 11.9 Å². The van der Waals surface area contributed by atoms with E-state index in [9.17, 15) is 0 Å². The first-order chi connectivity index (χ1) is 10.2. The Hall–Kier alpha value is -1.06. The monoisotopic (exact) mass is 320 g/mol. The van der Waals surface area contributed by atoms with Crippen LogP contribution in [0.5, 0.6) is 0 Å². The zero-order chi connectivity index (χ0) is 14.8. The molecule has 3 rings (SSSR count). The summed E-state index contributed by atoms with van der Waals surface area (Å²) in [6.45, 7) is 5.53. The van der Waals surface area contributed by atoms with Gasteiger partial charge < -0.3 is 4.90 Å². The summed E-state index contributed by atoms with van der Waals surface area (Å²) in [5.74, 6) is 0.503. The molecular weight excluding hydrogens is 300 g/mol. The van der Waals surface area contributed by atoms with E-state index in [0.717, 1.165) is 18.7 Å². The van der Waals surface area contributed by atoms with E-state index in [1.54, 1.807) is 11.3 Å². The van der Waals surface area contributed by atoms with Crippen molar-refractivity contribution in [3.8, 4) is 0 Å². The Morgan fingerprint density at radius 1 is 1.43 bits per heavy atom. The largest absolute Gasteiger partial charge is 0.362 e. The first-order valence-corrected chi connectivity index (χ1v) is 9.00. The molecule has 2 nitrogen and oxygen atoms in total. The quantitative estimate of drug-likeness (QED) is 0.729. The Bertz CT molecular complexity index is 623. The Labute approximate surface area is 135 Å². The van der Waals surface area contributed by atoms with Crippen molar-refractivity contribution in [3.05, 3.63) is 45.4 Å². The number of aryl methyl sites for hydroxylation is 2. The number of nitrogens with zero attached hydrogens (tertiary/aromatic N) is 2. The molecule has 1 unspecified atom stereocenters. The van der Waals surface area contributed by atoms with Crippen molar-refractivity contribution >= 4 is 28.6 Å². The number of anilines is 1. The molecule has 1 aliphatic heterocycles. The van der Waals surface area contributed by atoms with Crippen LogP contribution in [-0.4, -0.2) is 11.5 Å². The van der Waals surface area contributed by atoms with Crippen LogP contribution in [0.1, 0.15) is 47.6 Å². The van der Waals surface area contributed by atoms with E-state index in [1.165, 1.54) is 34.7 Å². The summed E-state index contributed by atoms with van der Waals surface area (Å²) in [5, 5.41) is 3.28. The molecular formula is C17H21ClN2S. The summed E-state index contributed by atoms with van der Waals surface area (Å²) in [7, 11) is 0. The lowest BCUT2D eigenvalue weighted by Crippen LogP contribution is -2.33. The first-order valence-electron chi connectivity index (χ1n) is 7.59. The van der Waals surface area contributed by atoms with Gasteiger partial charge in [-0.3, -0.25) is 0 Å². The number of fused-ring (bicyclic) bond motifs is 1. The molecule has 1 aliphatic rings. The van der Waals surface area contributed by atoms with E-state index in [2.05, 4.69) is 42.3 Å². The van der Waals surface area contributed by atoms with Crippen LogP contribution in [0.15, 0.2) is 23.6 Å². The van der Waals surface area contributed by atoms with Gasteiger partial charge in [-0.1, -0.05) is 24.6 Å². The molecule has 0 spiro atoms. The van der Waals surface area contributed by atoms with E-state index in [-0.39, 0.29) is 0 Å². The Morgan fingerprint density at radius 3 is 3.00 bits per heavy atom. The summed E-state index contributed by atoms with van der Waals surface area (Å²) in [5.41, 5.74) is 5.22. The van der Waals surface area contributed by atoms with Crippen molar-refractivity contribution in [2.75, 3.05) is 11.4 Å². The van der Waals surface area contributed by atoms with Gasteiger partial charge in [0.05, 0.1) is 17.6 Å². The summed E-state index contributed by atoms with van der Waals surface area (Å²) in [4.78, 5) is 7.25. The minimum atomic E-state index is 0.369. The van der Waals surface area contributed by atoms with Crippen LogP contribution < -0.4 is 4.90 Å². The summed E-state index contributed by atoms with van der Waals surface area (Å²) in [6.07, 6.45) is 3.48. The lowest BCUT2D eigenvalue weighted by atomic mass is 9.97. The molecule has 4 heteroatoms. The molecule has 0 saturated heterocycles. The highest BCUT2D eigenvalue weighted by Crippen LogP contribution is 2.37. The second-order valence-corrected chi connectivity index (χ2v) is 6.82. The van der Waals surface area contributed by atoms with E-state index >= 15 is 0 Å². The van der Waals surface area contributed by atoms with Gasteiger partial charge in [0, 0.05) is 17.6 Å². The lowest BCUT2D eigenvalue weighted by Gasteiger charge is -2.37. The number of rotatable bonds is 4. The third kappa shape index (κ3) is 2.95. The number of benzene rings is 1. The summed E-state index contributed by atoms with van der Waals surface area (Å²) < 4.78 is 0. The van der Waals surface area contributed by atoms with Gasteiger partial charge in [0.15, 0.2) is 0 Å². The molecule has 0 radical (unpaired) electrons. The van der Waals surface area contributed by atoms with Gasteiger partial charge in [0.2, 0.25) is 0 Å². The molecule has 1 atom stereocenters. The standard InChI is InChI=1S/C17H21ClN2S/c1-3-15(17-19-14(10-18)11-21-17)20-8-4-5-13-9-12(2)6-7-16(13)20/h6-7,9,11,15H,3-5,8,10H2,1-2H3. The smallest absolute Gasteiger partial charge is 0.115 e. The lowest BCUT2D eigenvalue weighted by molar-refractivity contribution is 0.564. The highest BCUT2D eigenvalue weighted by molar-refractivity contribution is 7.09.